The highest BCUT2D eigenvalue weighted by Crippen LogP contribution is 2.35. The van der Waals surface area contributed by atoms with Crippen LogP contribution in [0.3, 0.4) is 0 Å². The van der Waals surface area contributed by atoms with Gasteiger partial charge in [0.25, 0.3) is 0 Å². The van der Waals surface area contributed by atoms with E-state index in [4.69, 9.17) is 23.2 Å². The van der Waals surface area contributed by atoms with Crippen LogP contribution in [0.2, 0.25) is 10.0 Å². The molecule has 0 radical (unpaired) electrons. The SMILES string of the molecule is Cc1c(CCC(=O)N2CC(CN(C)C)Cc3ccccc32)n(-c2ccc(Cl)cc2Cl)c2ccccc12. The van der Waals surface area contributed by atoms with Crippen molar-refractivity contribution >= 4 is 45.7 Å². The first-order valence-electron chi connectivity index (χ1n) is 12.4. The molecule has 3 aromatic carbocycles. The molecule has 0 aliphatic carbocycles. The first kappa shape index (κ1) is 24.9. The van der Waals surface area contributed by atoms with Crippen LogP contribution in [0.15, 0.2) is 66.7 Å². The zero-order valence-corrected chi connectivity index (χ0v) is 22.5. The minimum Gasteiger partial charge on any atom is -0.312 e. The number of halogens is 2. The van der Waals surface area contributed by atoms with E-state index in [0.29, 0.717) is 28.8 Å². The van der Waals surface area contributed by atoms with Crippen LogP contribution in [0.25, 0.3) is 16.6 Å². The van der Waals surface area contributed by atoms with Crippen LogP contribution in [0.5, 0.6) is 0 Å². The second-order valence-corrected chi connectivity index (χ2v) is 10.8. The Labute approximate surface area is 223 Å². The summed E-state index contributed by atoms with van der Waals surface area (Å²) in [4.78, 5) is 17.9. The Morgan fingerprint density at radius 1 is 1.00 bits per heavy atom. The van der Waals surface area contributed by atoms with Gasteiger partial charge in [-0.3, -0.25) is 4.79 Å². The minimum absolute atomic E-state index is 0.157. The average Bonchev–Trinajstić information content (AvgIpc) is 3.13. The normalized spacial score (nSPS) is 15.5. The Hall–Kier alpha value is -2.79. The lowest BCUT2D eigenvalue weighted by molar-refractivity contribution is -0.118. The van der Waals surface area contributed by atoms with Crippen molar-refractivity contribution in [1.82, 2.24) is 9.47 Å². The third-order valence-electron chi connectivity index (χ3n) is 7.13. The van der Waals surface area contributed by atoms with E-state index in [-0.39, 0.29) is 5.91 Å². The van der Waals surface area contributed by atoms with Crippen LogP contribution in [0.1, 0.15) is 23.2 Å². The number of aryl methyl sites for hydroxylation is 1. The van der Waals surface area contributed by atoms with Gasteiger partial charge in [0.05, 0.1) is 16.2 Å². The molecule has 2 heterocycles. The fourth-order valence-corrected chi connectivity index (χ4v) is 6.10. The Morgan fingerprint density at radius 3 is 2.53 bits per heavy atom. The Kier molecular flexibility index (Phi) is 7.11. The molecule has 36 heavy (non-hydrogen) atoms. The largest absolute Gasteiger partial charge is 0.312 e. The number of benzene rings is 3. The summed E-state index contributed by atoms with van der Waals surface area (Å²) in [5, 5.41) is 2.36. The highest BCUT2D eigenvalue weighted by atomic mass is 35.5. The van der Waals surface area contributed by atoms with Gasteiger partial charge in [-0.25, -0.2) is 0 Å². The van der Waals surface area contributed by atoms with Crippen molar-refractivity contribution < 1.29 is 4.79 Å². The fraction of sp³-hybridized carbons (Fsp3) is 0.300. The topological polar surface area (TPSA) is 28.5 Å². The number of fused-ring (bicyclic) bond motifs is 2. The number of carbonyl (C=O) groups is 1. The van der Waals surface area contributed by atoms with Crippen molar-refractivity contribution in [3.63, 3.8) is 0 Å². The molecular weight excluding hydrogens is 489 g/mol. The number of nitrogens with zero attached hydrogens (tertiary/aromatic N) is 3. The zero-order valence-electron chi connectivity index (χ0n) is 21.0. The molecule has 0 N–H and O–H groups in total. The average molecular weight is 521 g/mol. The molecule has 1 amide bonds. The lowest BCUT2D eigenvalue weighted by Gasteiger charge is -2.36. The zero-order chi connectivity index (χ0) is 25.4. The smallest absolute Gasteiger partial charge is 0.227 e. The molecule has 186 valence electrons. The number of carbonyl (C=O) groups excluding carboxylic acids is 1. The first-order chi connectivity index (χ1) is 17.3. The molecule has 6 heteroatoms. The molecule has 1 aliphatic heterocycles. The van der Waals surface area contributed by atoms with Gasteiger partial charge in [-0.2, -0.15) is 0 Å². The van der Waals surface area contributed by atoms with Crippen LogP contribution in [-0.4, -0.2) is 42.6 Å². The van der Waals surface area contributed by atoms with Crippen LogP contribution in [0, 0.1) is 12.8 Å². The van der Waals surface area contributed by atoms with Crippen LogP contribution in [0.4, 0.5) is 5.69 Å². The van der Waals surface area contributed by atoms with Gasteiger partial charge in [-0.05, 0) is 81.2 Å². The van der Waals surface area contributed by atoms with E-state index in [9.17, 15) is 4.79 Å². The van der Waals surface area contributed by atoms with Crippen molar-refractivity contribution in [2.45, 2.75) is 26.2 Å². The number of hydrogen-bond acceptors (Lipinski definition) is 2. The summed E-state index contributed by atoms with van der Waals surface area (Å²) in [6.07, 6.45) is 2.04. The monoisotopic (exact) mass is 519 g/mol. The first-order valence-corrected chi connectivity index (χ1v) is 13.2. The lowest BCUT2D eigenvalue weighted by Crippen LogP contribution is -2.43. The number of rotatable bonds is 6. The highest BCUT2D eigenvalue weighted by molar-refractivity contribution is 6.35. The van der Waals surface area contributed by atoms with Gasteiger partial charge in [0.15, 0.2) is 0 Å². The third kappa shape index (κ3) is 4.78. The van der Waals surface area contributed by atoms with Gasteiger partial charge < -0.3 is 14.4 Å². The van der Waals surface area contributed by atoms with Gasteiger partial charge in [0.2, 0.25) is 5.91 Å². The second kappa shape index (κ2) is 10.3. The quantitative estimate of drug-likeness (QED) is 0.275. The molecule has 0 fully saturated rings. The van der Waals surface area contributed by atoms with E-state index in [1.54, 1.807) is 6.07 Å². The van der Waals surface area contributed by atoms with E-state index in [1.165, 1.54) is 16.5 Å². The van der Waals surface area contributed by atoms with Crippen molar-refractivity contribution in [3.05, 3.63) is 93.6 Å². The van der Waals surface area contributed by atoms with Crippen molar-refractivity contribution in [2.24, 2.45) is 5.92 Å². The fourth-order valence-electron chi connectivity index (χ4n) is 5.61. The molecule has 1 aliphatic rings. The van der Waals surface area contributed by atoms with Crippen LogP contribution < -0.4 is 4.90 Å². The summed E-state index contributed by atoms with van der Waals surface area (Å²) in [7, 11) is 4.19. The summed E-state index contributed by atoms with van der Waals surface area (Å²) in [6, 6.07) is 22.2. The van der Waals surface area contributed by atoms with Crippen molar-refractivity contribution in [2.75, 3.05) is 32.1 Å². The highest BCUT2D eigenvalue weighted by Gasteiger charge is 2.29. The number of amides is 1. The molecule has 4 nitrogen and oxygen atoms in total. The molecule has 1 unspecified atom stereocenters. The maximum absolute atomic E-state index is 13.7. The van der Waals surface area contributed by atoms with E-state index < -0.39 is 0 Å². The maximum Gasteiger partial charge on any atom is 0.227 e. The number of hydrogen-bond donors (Lipinski definition) is 0. The lowest BCUT2D eigenvalue weighted by atomic mass is 9.91. The summed E-state index contributed by atoms with van der Waals surface area (Å²) < 4.78 is 2.19. The van der Waals surface area contributed by atoms with Crippen molar-refractivity contribution in [1.29, 1.82) is 0 Å². The molecule has 5 rings (SSSR count). The Bertz CT molecular complexity index is 1430. The minimum atomic E-state index is 0.157. The molecule has 0 spiro atoms. The number of aromatic nitrogens is 1. The molecular formula is C30H31Cl2N3O. The predicted octanol–water partition coefficient (Wildman–Crippen LogP) is 6.95. The third-order valence-corrected chi connectivity index (χ3v) is 7.67. The summed E-state index contributed by atoms with van der Waals surface area (Å²) in [5.74, 6) is 0.573. The molecule has 1 atom stereocenters. The van der Waals surface area contributed by atoms with Gasteiger partial charge in [-0.1, -0.05) is 59.6 Å². The summed E-state index contributed by atoms with van der Waals surface area (Å²) >= 11 is 12.9. The van der Waals surface area contributed by atoms with Crippen molar-refractivity contribution in [3.8, 4) is 5.69 Å². The molecule has 0 saturated carbocycles. The molecule has 4 aromatic rings. The van der Waals surface area contributed by atoms with Gasteiger partial charge in [-0.15, -0.1) is 0 Å². The molecule has 1 aromatic heterocycles. The van der Waals surface area contributed by atoms with E-state index in [1.807, 2.05) is 35.2 Å². The Morgan fingerprint density at radius 2 is 1.75 bits per heavy atom. The maximum atomic E-state index is 13.7. The molecule has 0 saturated heterocycles. The van der Waals surface area contributed by atoms with Crippen LogP contribution >= 0.6 is 23.2 Å². The van der Waals surface area contributed by atoms with E-state index in [2.05, 4.69) is 60.8 Å². The molecule has 0 bridgehead atoms. The van der Waals surface area contributed by atoms with Crippen LogP contribution in [-0.2, 0) is 17.6 Å². The van der Waals surface area contributed by atoms with E-state index >= 15 is 0 Å². The number of para-hydroxylation sites is 2. The summed E-state index contributed by atoms with van der Waals surface area (Å²) in [6.45, 7) is 3.84. The summed E-state index contributed by atoms with van der Waals surface area (Å²) in [5.41, 5.74) is 6.54. The van der Waals surface area contributed by atoms with E-state index in [0.717, 1.165) is 42.1 Å². The predicted molar refractivity (Wildman–Crippen MR) is 151 cm³/mol. The second-order valence-electron chi connectivity index (χ2n) is 9.99. The van der Waals surface area contributed by atoms with Gasteiger partial charge >= 0.3 is 0 Å². The number of anilines is 1. The van der Waals surface area contributed by atoms with Gasteiger partial charge in [0.1, 0.15) is 0 Å². The Balaban J connectivity index is 1.48. The standard InChI is InChI=1S/C30H31Cl2N3O/c1-20-24-9-5-7-11-28(24)35(29-13-12-23(31)17-25(29)32)26(20)14-15-30(36)34-19-21(18-33(2)3)16-22-8-4-6-10-27(22)34/h4-13,17,21H,14-16,18-19H2,1-3H3. The van der Waals surface area contributed by atoms with Gasteiger partial charge in [0, 0.05) is 41.3 Å².